The third kappa shape index (κ3) is 3.53. The van der Waals surface area contributed by atoms with Crippen LogP contribution in [0.3, 0.4) is 0 Å². The number of primary amides is 1. The quantitative estimate of drug-likeness (QED) is 0.672. The first-order valence-electron chi connectivity index (χ1n) is 5.74. The van der Waals surface area contributed by atoms with Crippen LogP contribution in [0.4, 0.5) is 0 Å². The highest BCUT2D eigenvalue weighted by Gasteiger charge is 2.30. The molecule has 2 saturated carbocycles. The lowest BCUT2D eigenvalue weighted by atomic mass is 10.1. The van der Waals surface area contributed by atoms with Crippen LogP contribution in [0.1, 0.15) is 38.5 Å². The van der Waals surface area contributed by atoms with Gasteiger partial charge in [-0.1, -0.05) is 12.8 Å². The highest BCUT2D eigenvalue weighted by molar-refractivity contribution is 5.86. The summed E-state index contributed by atoms with van der Waals surface area (Å²) >= 11 is 0. The summed E-state index contributed by atoms with van der Waals surface area (Å²) in [5.74, 6) is 0.746. The van der Waals surface area contributed by atoms with Gasteiger partial charge in [0, 0.05) is 6.42 Å². The average Bonchev–Trinajstić information content (AvgIpc) is 2.96. The van der Waals surface area contributed by atoms with Crippen molar-refractivity contribution in [2.24, 2.45) is 17.6 Å². The monoisotopic (exact) mass is 210 g/mol. The predicted octanol–water partition coefficient (Wildman–Crippen LogP) is 0.557. The summed E-state index contributed by atoms with van der Waals surface area (Å²) in [6.07, 6.45) is 5.93. The fraction of sp³-hybridized carbons (Fsp3) is 0.818. The molecule has 0 aromatic rings. The zero-order chi connectivity index (χ0) is 10.8. The maximum Gasteiger partial charge on any atom is 0.240 e. The minimum Gasteiger partial charge on any atom is -0.368 e. The zero-order valence-corrected chi connectivity index (χ0v) is 8.87. The lowest BCUT2D eigenvalue weighted by Crippen LogP contribution is -2.44. The normalized spacial score (nSPS) is 22.1. The summed E-state index contributed by atoms with van der Waals surface area (Å²) in [7, 11) is 0. The minimum absolute atomic E-state index is 0.0121. The number of hydrogen-bond acceptors (Lipinski definition) is 2. The van der Waals surface area contributed by atoms with Gasteiger partial charge in [0.2, 0.25) is 11.8 Å². The Morgan fingerprint density at radius 3 is 2.27 bits per heavy atom. The minimum atomic E-state index is -0.441. The van der Waals surface area contributed by atoms with Crippen molar-refractivity contribution in [3.05, 3.63) is 0 Å². The second kappa shape index (κ2) is 4.21. The smallest absolute Gasteiger partial charge is 0.240 e. The Hall–Kier alpha value is -1.06. The van der Waals surface area contributed by atoms with Gasteiger partial charge >= 0.3 is 0 Å². The molecule has 0 bridgehead atoms. The fourth-order valence-corrected chi connectivity index (χ4v) is 1.77. The zero-order valence-electron chi connectivity index (χ0n) is 8.87. The summed E-state index contributed by atoms with van der Waals surface area (Å²) in [6, 6.07) is -0.441. The molecular formula is C11H18N2O2. The van der Waals surface area contributed by atoms with E-state index in [0.29, 0.717) is 18.3 Å². The number of hydrogen-bond donors (Lipinski definition) is 2. The van der Waals surface area contributed by atoms with Crippen molar-refractivity contribution in [2.45, 2.75) is 44.6 Å². The van der Waals surface area contributed by atoms with E-state index in [4.69, 9.17) is 5.73 Å². The second-order valence-corrected chi connectivity index (χ2v) is 4.85. The molecule has 1 atom stereocenters. The summed E-state index contributed by atoms with van der Waals surface area (Å²) in [4.78, 5) is 22.6. The third-order valence-electron chi connectivity index (χ3n) is 3.12. The molecule has 0 radical (unpaired) electrons. The molecule has 3 N–H and O–H groups in total. The maximum atomic E-state index is 11.5. The van der Waals surface area contributed by atoms with Gasteiger partial charge in [-0.25, -0.2) is 0 Å². The van der Waals surface area contributed by atoms with Gasteiger partial charge in [-0.15, -0.1) is 0 Å². The van der Waals surface area contributed by atoms with E-state index in [0.717, 1.165) is 19.3 Å². The molecule has 0 saturated heterocycles. The third-order valence-corrected chi connectivity index (χ3v) is 3.12. The number of carbonyl (C=O) groups is 2. The predicted molar refractivity (Wildman–Crippen MR) is 55.8 cm³/mol. The van der Waals surface area contributed by atoms with Crippen molar-refractivity contribution in [3.8, 4) is 0 Å². The van der Waals surface area contributed by atoms with Crippen LogP contribution in [0.15, 0.2) is 0 Å². The molecule has 2 aliphatic rings. The lowest BCUT2D eigenvalue weighted by molar-refractivity contribution is -0.127. The maximum absolute atomic E-state index is 11.5. The first-order valence-corrected chi connectivity index (χ1v) is 5.74. The van der Waals surface area contributed by atoms with Crippen molar-refractivity contribution in [3.63, 3.8) is 0 Å². The van der Waals surface area contributed by atoms with Crippen LogP contribution < -0.4 is 11.1 Å². The number of rotatable bonds is 6. The van der Waals surface area contributed by atoms with Crippen molar-refractivity contribution >= 4 is 11.8 Å². The highest BCUT2D eigenvalue weighted by Crippen LogP contribution is 2.34. The lowest BCUT2D eigenvalue weighted by Gasteiger charge is -2.14. The molecule has 0 aromatic heterocycles. The van der Waals surface area contributed by atoms with E-state index in [1.54, 1.807) is 0 Å². The molecule has 2 fully saturated rings. The first kappa shape index (κ1) is 10.5. The van der Waals surface area contributed by atoms with Crippen LogP contribution >= 0.6 is 0 Å². The van der Waals surface area contributed by atoms with Crippen molar-refractivity contribution in [1.29, 1.82) is 0 Å². The molecule has 0 aromatic carbocycles. The number of nitrogens with one attached hydrogen (secondary N) is 1. The SMILES string of the molecule is NC(=O)[C@@H](CC1CC1)NC(=O)CC1CC1. The van der Waals surface area contributed by atoms with E-state index in [-0.39, 0.29) is 5.91 Å². The van der Waals surface area contributed by atoms with Gasteiger partial charge in [0.1, 0.15) is 6.04 Å². The van der Waals surface area contributed by atoms with Gasteiger partial charge < -0.3 is 11.1 Å². The van der Waals surface area contributed by atoms with E-state index in [9.17, 15) is 9.59 Å². The Bertz CT molecular complexity index is 270. The van der Waals surface area contributed by atoms with Gasteiger partial charge in [0.15, 0.2) is 0 Å². The summed E-state index contributed by atoms with van der Waals surface area (Å²) < 4.78 is 0. The Morgan fingerprint density at radius 2 is 1.80 bits per heavy atom. The first-order chi connectivity index (χ1) is 7.15. The summed E-state index contributed by atoms with van der Waals surface area (Å²) in [5.41, 5.74) is 5.25. The summed E-state index contributed by atoms with van der Waals surface area (Å²) in [5, 5.41) is 2.75. The number of nitrogens with two attached hydrogens (primary N) is 1. The molecule has 2 aliphatic carbocycles. The van der Waals surface area contributed by atoms with Crippen molar-refractivity contribution in [1.82, 2.24) is 5.32 Å². The molecule has 0 spiro atoms. The molecule has 15 heavy (non-hydrogen) atoms. The van der Waals surface area contributed by atoms with Gasteiger partial charge in [0.25, 0.3) is 0 Å². The number of carbonyl (C=O) groups excluding carboxylic acids is 2. The number of amides is 2. The van der Waals surface area contributed by atoms with Crippen LogP contribution in [0, 0.1) is 11.8 Å². The van der Waals surface area contributed by atoms with Gasteiger partial charge in [-0.2, -0.15) is 0 Å². The molecule has 2 rings (SSSR count). The Morgan fingerprint density at radius 1 is 1.20 bits per heavy atom. The standard InChI is InChI=1S/C11H18N2O2/c12-11(15)9(5-7-1-2-7)13-10(14)6-8-3-4-8/h7-9H,1-6H2,(H2,12,15)(H,13,14)/t9-/m1/s1. The van der Waals surface area contributed by atoms with Crippen LogP contribution in [-0.4, -0.2) is 17.9 Å². The Labute approximate surface area is 89.6 Å². The van der Waals surface area contributed by atoms with Crippen LogP contribution in [0.2, 0.25) is 0 Å². The molecule has 4 nitrogen and oxygen atoms in total. The topological polar surface area (TPSA) is 72.2 Å². The Kier molecular flexibility index (Phi) is 2.93. The molecular weight excluding hydrogens is 192 g/mol. The highest BCUT2D eigenvalue weighted by atomic mass is 16.2. The van der Waals surface area contributed by atoms with E-state index in [2.05, 4.69) is 5.32 Å². The van der Waals surface area contributed by atoms with Crippen molar-refractivity contribution < 1.29 is 9.59 Å². The fourth-order valence-electron chi connectivity index (χ4n) is 1.77. The van der Waals surface area contributed by atoms with Gasteiger partial charge in [-0.3, -0.25) is 9.59 Å². The summed E-state index contributed by atoms with van der Waals surface area (Å²) in [6.45, 7) is 0. The Balaban J connectivity index is 1.75. The van der Waals surface area contributed by atoms with Crippen LogP contribution in [0.25, 0.3) is 0 Å². The molecule has 84 valence electrons. The average molecular weight is 210 g/mol. The van der Waals surface area contributed by atoms with E-state index in [1.165, 1.54) is 12.8 Å². The second-order valence-electron chi connectivity index (χ2n) is 4.85. The van der Waals surface area contributed by atoms with Crippen LogP contribution in [-0.2, 0) is 9.59 Å². The van der Waals surface area contributed by atoms with E-state index >= 15 is 0 Å². The van der Waals surface area contributed by atoms with Gasteiger partial charge in [-0.05, 0) is 31.1 Å². The van der Waals surface area contributed by atoms with Gasteiger partial charge in [0.05, 0.1) is 0 Å². The molecule has 0 heterocycles. The van der Waals surface area contributed by atoms with E-state index in [1.807, 2.05) is 0 Å². The molecule has 2 amide bonds. The van der Waals surface area contributed by atoms with E-state index < -0.39 is 11.9 Å². The molecule has 0 unspecified atom stereocenters. The van der Waals surface area contributed by atoms with Crippen molar-refractivity contribution in [2.75, 3.05) is 0 Å². The largest absolute Gasteiger partial charge is 0.368 e. The molecule has 0 aliphatic heterocycles. The van der Waals surface area contributed by atoms with Crippen LogP contribution in [0.5, 0.6) is 0 Å². The molecule has 4 heteroatoms.